The van der Waals surface area contributed by atoms with Crippen molar-refractivity contribution in [2.45, 2.75) is 13.5 Å². The number of benzene rings is 2. The molecule has 3 rings (SSSR count). The van der Waals surface area contributed by atoms with Crippen molar-refractivity contribution in [3.8, 4) is 0 Å². The molecule has 0 radical (unpaired) electrons. The zero-order valence-corrected chi connectivity index (χ0v) is 14.6. The Kier molecular flexibility index (Phi) is 5.51. The highest BCUT2D eigenvalue weighted by Gasteiger charge is 2.10. The summed E-state index contributed by atoms with van der Waals surface area (Å²) in [4.78, 5) is 31.9. The van der Waals surface area contributed by atoms with Gasteiger partial charge in [0, 0.05) is 23.9 Å². The average molecular weight is 364 g/mol. The Morgan fingerprint density at radius 2 is 1.81 bits per heavy atom. The number of halogens is 1. The van der Waals surface area contributed by atoms with Gasteiger partial charge in [0.25, 0.3) is 5.91 Å². The molecule has 2 N–H and O–H groups in total. The molecule has 0 saturated carbocycles. The average Bonchev–Trinajstić information content (AvgIpc) is 2.68. The second kappa shape index (κ2) is 8.18. The van der Waals surface area contributed by atoms with Crippen molar-refractivity contribution in [1.29, 1.82) is 0 Å². The molecule has 27 heavy (non-hydrogen) atoms. The van der Waals surface area contributed by atoms with Gasteiger partial charge in [0.1, 0.15) is 23.7 Å². The van der Waals surface area contributed by atoms with E-state index in [4.69, 9.17) is 0 Å². The summed E-state index contributed by atoms with van der Waals surface area (Å²) in [7, 11) is 0. The fraction of sp³-hybridized carbons (Fsp3) is 0.100. The molecule has 6 nitrogen and oxygen atoms in total. The number of nitrogens with one attached hydrogen (secondary N) is 2. The predicted octanol–water partition coefficient (Wildman–Crippen LogP) is 3.68. The maximum Gasteiger partial charge on any atom is 0.274 e. The highest BCUT2D eigenvalue weighted by Crippen LogP contribution is 2.14. The number of amides is 1. The van der Waals surface area contributed by atoms with Crippen LogP contribution in [0.15, 0.2) is 60.9 Å². The van der Waals surface area contributed by atoms with Crippen LogP contribution in [0.25, 0.3) is 0 Å². The molecule has 0 aliphatic heterocycles. The fourth-order valence-electron chi connectivity index (χ4n) is 2.38. The molecule has 0 bridgehead atoms. The van der Waals surface area contributed by atoms with Crippen molar-refractivity contribution in [2.24, 2.45) is 0 Å². The minimum Gasteiger partial charge on any atom is -0.366 e. The predicted molar refractivity (Wildman–Crippen MR) is 100 cm³/mol. The molecule has 0 unspecified atom stereocenters. The molecule has 0 aliphatic rings. The number of hydrogen-bond acceptors (Lipinski definition) is 5. The molecule has 2 aromatic carbocycles. The largest absolute Gasteiger partial charge is 0.366 e. The summed E-state index contributed by atoms with van der Waals surface area (Å²) in [6.45, 7) is 1.89. The van der Waals surface area contributed by atoms with Gasteiger partial charge in [0.2, 0.25) is 0 Å². The van der Waals surface area contributed by atoms with E-state index in [0.29, 0.717) is 23.6 Å². The standard InChI is InChI=1S/C20H17FN4O2/c1-13(26)15-3-2-4-17(9-15)25-20(27)18-10-19(24-12-23-18)22-11-14-5-7-16(21)8-6-14/h2-10,12H,11H2,1H3,(H,25,27)(H,22,23,24). The topological polar surface area (TPSA) is 84.0 Å². The third-order valence-corrected chi connectivity index (χ3v) is 3.81. The molecule has 1 amide bonds. The Balaban J connectivity index is 1.67. The number of rotatable bonds is 6. The van der Waals surface area contributed by atoms with Gasteiger partial charge in [0.15, 0.2) is 5.78 Å². The number of aromatic nitrogens is 2. The van der Waals surface area contributed by atoms with Gasteiger partial charge in [-0.1, -0.05) is 24.3 Å². The lowest BCUT2D eigenvalue weighted by molar-refractivity contribution is 0.100. The first-order chi connectivity index (χ1) is 13.0. The number of hydrogen-bond donors (Lipinski definition) is 2. The number of anilines is 2. The molecule has 0 saturated heterocycles. The first-order valence-electron chi connectivity index (χ1n) is 8.24. The molecular weight excluding hydrogens is 347 g/mol. The normalized spacial score (nSPS) is 10.3. The minimum absolute atomic E-state index is 0.0829. The summed E-state index contributed by atoms with van der Waals surface area (Å²) in [5.41, 5.74) is 2.08. The van der Waals surface area contributed by atoms with Crippen LogP contribution in [0.3, 0.4) is 0 Å². The number of carbonyl (C=O) groups is 2. The van der Waals surface area contributed by atoms with E-state index in [0.717, 1.165) is 5.56 Å². The van der Waals surface area contributed by atoms with Crippen LogP contribution in [-0.2, 0) is 6.54 Å². The summed E-state index contributed by atoms with van der Waals surface area (Å²) in [6, 6.07) is 14.3. The first-order valence-corrected chi connectivity index (χ1v) is 8.24. The summed E-state index contributed by atoms with van der Waals surface area (Å²) < 4.78 is 12.9. The van der Waals surface area contributed by atoms with E-state index in [9.17, 15) is 14.0 Å². The van der Waals surface area contributed by atoms with Gasteiger partial charge in [-0.15, -0.1) is 0 Å². The SMILES string of the molecule is CC(=O)c1cccc(NC(=O)c2cc(NCc3ccc(F)cc3)ncn2)c1. The van der Waals surface area contributed by atoms with Gasteiger partial charge < -0.3 is 10.6 Å². The van der Waals surface area contributed by atoms with Crippen molar-refractivity contribution in [1.82, 2.24) is 9.97 Å². The third kappa shape index (κ3) is 4.94. The number of nitrogens with zero attached hydrogens (tertiary/aromatic N) is 2. The van der Waals surface area contributed by atoms with Crippen LogP contribution >= 0.6 is 0 Å². The quantitative estimate of drug-likeness (QED) is 0.652. The van der Waals surface area contributed by atoms with E-state index in [1.54, 1.807) is 36.4 Å². The van der Waals surface area contributed by atoms with Crippen LogP contribution in [-0.4, -0.2) is 21.7 Å². The van der Waals surface area contributed by atoms with Gasteiger partial charge in [-0.3, -0.25) is 9.59 Å². The van der Waals surface area contributed by atoms with Gasteiger partial charge in [-0.05, 0) is 36.8 Å². The maximum atomic E-state index is 12.9. The molecule has 0 aliphatic carbocycles. The third-order valence-electron chi connectivity index (χ3n) is 3.81. The van der Waals surface area contributed by atoms with Crippen LogP contribution in [0, 0.1) is 5.82 Å². The second-order valence-corrected chi connectivity index (χ2v) is 5.86. The Morgan fingerprint density at radius 3 is 2.56 bits per heavy atom. The monoisotopic (exact) mass is 364 g/mol. The molecular formula is C20H17FN4O2. The number of carbonyl (C=O) groups excluding carboxylic acids is 2. The number of Topliss-reactive ketones (excluding diaryl/α,β-unsaturated/α-hetero) is 1. The van der Waals surface area contributed by atoms with Gasteiger partial charge >= 0.3 is 0 Å². The van der Waals surface area contributed by atoms with Gasteiger partial charge in [-0.2, -0.15) is 0 Å². The lowest BCUT2D eigenvalue weighted by Gasteiger charge is -2.08. The lowest BCUT2D eigenvalue weighted by Crippen LogP contribution is -2.15. The summed E-state index contributed by atoms with van der Waals surface area (Å²) in [5, 5.41) is 5.78. The summed E-state index contributed by atoms with van der Waals surface area (Å²) in [6.07, 6.45) is 1.29. The molecule has 0 fully saturated rings. The van der Waals surface area contributed by atoms with Crippen molar-refractivity contribution in [3.05, 3.63) is 83.6 Å². The molecule has 0 spiro atoms. The fourth-order valence-corrected chi connectivity index (χ4v) is 2.38. The van der Waals surface area contributed by atoms with Crippen molar-refractivity contribution in [2.75, 3.05) is 10.6 Å². The van der Waals surface area contributed by atoms with Crippen molar-refractivity contribution >= 4 is 23.2 Å². The highest BCUT2D eigenvalue weighted by molar-refractivity contribution is 6.04. The maximum absolute atomic E-state index is 12.9. The van der Waals surface area contributed by atoms with E-state index in [1.165, 1.54) is 31.5 Å². The molecule has 1 heterocycles. The zero-order chi connectivity index (χ0) is 19.2. The van der Waals surface area contributed by atoms with Crippen LogP contribution < -0.4 is 10.6 Å². The number of ketones is 1. The Labute approximate surface area is 155 Å². The molecule has 7 heteroatoms. The van der Waals surface area contributed by atoms with E-state index < -0.39 is 5.91 Å². The summed E-state index contributed by atoms with van der Waals surface area (Å²) >= 11 is 0. The van der Waals surface area contributed by atoms with E-state index in [2.05, 4.69) is 20.6 Å². The highest BCUT2D eigenvalue weighted by atomic mass is 19.1. The molecule has 3 aromatic rings. The first kappa shape index (κ1) is 18.2. The molecule has 0 atom stereocenters. The Morgan fingerprint density at radius 1 is 1.04 bits per heavy atom. The van der Waals surface area contributed by atoms with E-state index in [1.807, 2.05) is 0 Å². The second-order valence-electron chi connectivity index (χ2n) is 5.86. The van der Waals surface area contributed by atoms with E-state index >= 15 is 0 Å². The molecule has 1 aromatic heterocycles. The van der Waals surface area contributed by atoms with Crippen LogP contribution in [0.5, 0.6) is 0 Å². The zero-order valence-electron chi connectivity index (χ0n) is 14.6. The lowest BCUT2D eigenvalue weighted by atomic mass is 10.1. The van der Waals surface area contributed by atoms with Gasteiger partial charge in [-0.25, -0.2) is 14.4 Å². The van der Waals surface area contributed by atoms with E-state index in [-0.39, 0.29) is 17.3 Å². The van der Waals surface area contributed by atoms with Crippen LogP contribution in [0.4, 0.5) is 15.9 Å². The smallest absolute Gasteiger partial charge is 0.274 e. The minimum atomic E-state index is -0.414. The van der Waals surface area contributed by atoms with Crippen LogP contribution in [0.1, 0.15) is 33.3 Å². The van der Waals surface area contributed by atoms with Crippen molar-refractivity contribution < 1.29 is 14.0 Å². The van der Waals surface area contributed by atoms with Crippen LogP contribution in [0.2, 0.25) is 0 Å². The van der Waals surface area contributed by atoms with Gasteiger partial charge in [0.05, 0.1) is 0 Å². The summed E-state index contributed by atoms with van der Waals surface area (Å²) in [5.74, 6) is -0.325. The van der Waals surface area contributed by atoms with Crippen molar-refractivity contribution in [3.63, 3.8) is 0 Å². The Bertz CT molecular complexity index is 974. The Hall–Kier alpha value is -3.61. The molecule has 136 valence electrons.